The lowest BCUT2D eigenvalue weighted by Gasteiger charge is -2.26. The highest BCUT2D eigenvalue weighted by atomic mass is 32.2. The molecular weight excluding hydrogens is 362 g/mol. The third-order valence-electron chi connectivity index (χ3n) is 4.28. The van der Waals surface area contributed by atoms with Gasteiger partial charge in [0.2, 0.25) is 5.91 Å². The number of carboxylic acid groups (broad SMARTS) is 1. The van der Waals surface area contributed by atoms with E-state index < -0.39 is 5.97 Å². The van der Waals surface area contributed by atoms with Crippen LogP contribution < -0.4 is 10.9 Å². The molecule has 1 aliphatic rings. The molecule has 1 amide bonds. The first-order valence-electron chi connectivity index (χ1n) is 8.08. The van der Waals surface area contributed by atoms with Crippen LogP contribution in [-0.4, -0.2) is 38.2 Å². The van der Waals surface area contributed by atoms with Crippen molar-refractivity contribution in [2.75, 3.05) is 5.75 Å². The zero-order valence-corrected chi connectivity index (χ0v) is 15.1. The van der Waals surface area contributed by atoms with Crippen LogP contribution in [0, 0.1) is 5.92 Å². The number of hydrogen-bond acceptors (Lipinski definition) is 6. The number of carboxylic acids is 1. The van der Waals surface area contributed by atoms with E-state index in [4.69, 9.17) is 5.11 Å². The number of aliphatic carboxylic acids is 1. The van der Waals surface area contributed by atoms with Gasteiger partial charge in [-0.2, -0.15) is 0 Å². The van der Waals surface area contributed by atoms with Gasteiger partial charge < -0.3 is 10.4 Å². The summed E-state index contributed by atoms with van der Waals surface area (Å²) in [5.74, 6) is -0.281. The van der Waals surface area contributed by atoms with E-state index in [0.29, 0.717) is 47.8 Å². The Kier molecular flexibility index (Phi) is 5.74. The number of nitrogens with zero attached hydrogens (tertiary/aromatic N) is 2. The molecular formula is C16H19N3O4S2. The molecule has 1 saturated carbocycles. The molecule has 2 N–H and O–H groups in total. The smallest absolute Gasteiger partial charge is 0.306 e. The zero-order valence-electron chi connectivity index (χ0n) is 13.5. The monoisotopic (exact) mass is 381 g/mol. The van der Waals surface area contributed by atoms with E-state index in [2.05, 4.69) is 10.3 Å². The van der Waals surface area contributed by atoms with Gasteiger partial charge in [-0.05, 0) is 25.7 Å². The van der Waals surface area contributed by atoms with E-state index in [0.717, 1.165) is 0 Å². The maximum Gasteiger partial charge on any atom is 0.306 e. The van der Waals surface area contributed by atoms with Crippen molar-refractivity contribution in [2.45, 2.75) is 37.5 Å². The normalized spacial score (nSPS) is 20.5. The Balaban J connectivity index is 1.43. The molecule has 0 bridgehead atoms. The lowest BCUT2D eigenvalue weighted by molar-refractivity contribution is -0.142. The minimum Gasteiger partial charge on any atom is -0.481 e. The molecule has 2 aromatic heterocycles. The van der Waals surface area contributed by atoms with Crippen molar-refractivity contribution in [3.05, 3.63) is 33.7 Å². The molecule has 0 atom stereocenters. The SMILES string of the molecule is O=C(CSCc1cc(=O)n2ccsc2n1)NC1CCC(C(=O)O)CC1. The van der Waals surface area contributed by atoms with Crippen LogP contribution in [0.3, 0.4) is 0 Å². The minimum atomic E-state index is -0.744. The van der Waals surface area contributed by atoms with Gasteiger partial charge in [0.05, 0.1) is 17.4 Å². The molecule has 0 radical (unpaired) electrons. The van der Waals surface area contributed by atoms with E-state index in [9.17, 15) is 14.4 Å². The van der Waals surface area contributed by atoms with Gasteiger partial charge in [0.25, 0.3) is 5.56 Å². The molecule has 2 aromatic rings. The number of aromatic nitrogens is 2. The summed E-state index contributed by atoms with van der Waals surface area (Å²) in [7, 11) is 0. The Morgan fingerprint density at radius 1 is 1.36 bits per heavy atom. The fraction of sp³-hybridized carbons (Fsp3) is 0.500. The first-order chi connectivity index (χ1) is 12.0. The number of thioether (sulfide) groups is 1. The van der Waals surface area contributed by atoms with Crippen LogP contribution in [0.5, 0.6) is 0 Å². The Bertz CT molecular complexity index is 824. The standard InChI is InChI=1S/C16H19N3O4S2/c20-13(17-11-3-1-10(2-4-11)15(22)23)9-24-8-12-7-14(21)19-5-6-25-16(19)18-12/h5-7,10-11H,1-4,8-9H2,(H,17,20)(H,22,23). The predicted octanol–water partition coefficient (Wildman–Crippen LogP) is 1.75. The fourth-order valence-electron chi connectivity index (χ4n) is 2.96. The van der Waals surface area contributed by atoms with Crippen molar-refractivity contribution in [3.8, 4) is 0 Å². The highest BCUT2D eigenvalue weighted by Gasteiger charge is 2.26. The van der Waals surface area contributed by atoms with E-state index in [1.54, 1.807) is 6.20 Å². The van der Waals surface area contributed by atoms with Crippen LogP contribution >= 0.6 is 23.1 Å². The third-order valence-corrected chi connectivity index (χ3v) is 6.00. The molecule has 1 aliphatic carbocycles. The van der Waals surface area contributed by atoms with Gasteiger partial charge in [0.1, 0.15) is 0 Å². The second kappa shape index (κ2) is 8.01. The Labute approximate surface area is 152 Å². The summed E-state index contributed by atoms with van der Waals surface area (Å²) in [6.45, 7) is 0. The first-order valence-corrected chi connectivity index (χ1v) is 10.1. The van der Waals surface area contributed by atoms with Gasteiger partial charge >= 0.3 is 5.97 Å². The van der Waals surface area contributed by atoms with Crippen LogP contribution in [0.15, 0.2) is 22.4 Å². The zero-order chi connectivity index (χ0) is 17.8. The number of rotatable bonds is 6. The molecule has 134 valence electrons. The van der Waals surface area contributed by atoms with E-state index in [1.165, 1.54) is 33.6 Å². The van der Waals surface area contributed by atoms with E-state index in [1.807, 2.05) is 5.38 Å². The number of nitrogens with one attached hydrogen (secondary N) is 1. The molecule has 3 rings (SSSR count). The molecule has 0 aliphatic heterocycles. The maximum absolute atomic E-state index is 12.0. The highest BCUT2D eigenvalue weighted by Crippen LogP contribution is 2.24. The summed E-state index contributed by atoms with van der Waals surface area (Å²) >= 11 is 2.82. The van der Waals surface area contributed by atoms with Crippen LogP contribution in [-0.2, 0) is 15.3 Å². The summed E-state index contributed by atoms with van der Waals surface area (Å²) in [4.78, 5) is 39.9. The molecule has 2 heterocycles. The summed E-state index contributed by atoms with van der Waals surface area (Å²) in [5.41, 5.74) is 0.564. The number of amides is 1. The van der Waals surface area contributed by atoms with Gasteiger partial charge in [-0.25, -0.2) is 4.98 Å². The van der Waals surface area contributed by atoms with Gasteiger partial charge in [0.15, 0.2) is 4.96 Å². The van der Waals surface area contributed by atoms with Crippen molar-refractivity contribution in [2.24, 2.45) is 5.92 Å². The van der Waals surface area contributed by atoms with Crippen molar-refractivity contribution in [1.29, 1.82) is 0 Å². The van der Waals surface area contributed by atoms with Gasteiger partial charge in [-0.3, -0.25) is 18.8 Å². The summed E-state index contributed by atoms with van der Waals surface area (Å²) in [6.07, 6.45) is 4.34. The second-order valence-electron chi connectivity index (χ2n) is 6.09. The molecule has 0 saturated heterocycles. The number of fused-ring (bicyclic) bond motifs is 1. The summed E-state index contributed by atoms with van der Waals surface area (Å²) in [5, 5.41) is 13.8. The predicted molar refractivity (Wildman–Crippen MR) is 97.0 cm³/mol. The minimum absolute atomic E-state index is 0.0577. The van der Waals surface area contributed by atoms with Crippen molar-refractivity contribution >= 4 is 39.9 Å². The van der Waals surface area contributed by atoms with E-state index >= 15 is 0 Å². The largest absolute Gasteiger partial charge is 0.481 e. The average Bonchev–Trinajstić information content (AvgIpc) is 3.04. The average molecular weight is 381 g/mol. The lowest BCUT2D eigenvalue weighted by atomic mass is 9.86. The van der Waals surface area contributed by atoms with Crippen LogP contribution in [0.2, 0.25) is 0 Å². The van der Waals surface area contributed by atoms with Gasteiger partial charge in [-0.1, -0.05) is 0 Å². The van der Waals surface area contributed by atoms with Crippen molar-refractivity contribution in [3.63, 3.8) is 0 Å². The molecule has 9 heteroatoms. The Morgan fingerprint density at radius 3 is 2.84 bits per heavy atom. The molecule has 0 aromatic carbocycles. The quantitative estimate of drug-likeness (QED) is 0.791. The second-order valence-corrected chi connectivity index (χ2v) is 7.95. The summed E-state index contributed by atoms with van der Waals surface area (Å²) in [6, 6.07) is 1.56. The number of carbonyl (C=O) groups excluding carboxylic acids is 1. The van der Waals surface area contributed by atoms with Crippen LogP contribution in [0.4, 0.5) is 0 Å². The van der Waals surface area contributed by atoms with Crippen LogP contribution in [0.1, 0.15) is 31.4 Å². The van der Waals surface area contributed by atoms with Crippen molar-refractivity contribution < 1.29 is 14.7 Å². The Morgan fingerprint density at radius 2 is 2.12 bits per heavy atom. The maximum atomic E-state index is 12.0. The molecule has 0 unspecified atom stereocenters. The topological polar surface area (TPSA) is 101 Å². The molecule has 1 fully saturated rings. The first kappa shape index (κ1) is 17.9. The molecule has 0 spiro atoms. The lowest BCUT2D eigenvalue weighted by Crippen LogP contribution is -2.39. The fourth-order valence-corrected chi connectivity index (χ4v) is 4.43. The highest BCUT2D eigenvalue weighted by molar-refractivity contribution is 7.99. The summed E-state index contributed by atoms with van der Waals surface area (Å²) < 4.78 is 1.50. The number of thiazole rings is 1. The molecule has 7 nitrogen and oxygen atoms in total. The van der Waals surface area contributed by atoms with Crippen LogP contribution in [0.25, 0.3) is 4.96 Å². The van der Waals surface area contributed by atoms with Crippen molar-refractivity contribution in [1.82, 2.24) is 14.7 Å². The number of carbonyl (C=O) groups is 2. The van der Waals surface area contributed by atoms with E-state index in [-0.39, 0.29) is 23.4 Å². The third kappa shape index (κ3) is 4.60. The molecule has 25 heavy (non-hydrogen) atoms. The Hall–Kier alpha value is -1.87. The number of hydrogen-bond donors (Lipinski definition) is 2. The van der Waals surface area contributed by atoms with Gasteiger partial charge in [-0.15, -0.1) is 23.1 Å². The van der Waals surface area contributed by atoms with Gasteiger partial charge in [0, 0.05) is 29.4 Å².